The first-order valence-electron chi connectivity index (χ1n) is 49.4. The Hall–Kier alpha value is -16.4. The summed E-state index contributed by atoms with van der Waals surface area (Å²) < 4.78 is 98.0. The van der Waals surface area contributed by atoms with Crippen molar-refractivity contribution in [3.05, 3.63) is 314 Å². The first kappa shape index (κ1) is 97.0. The van der Waals surface area contributed by atoms with Gasteiger partial charge >= 0.3 is 0 Å². The Kier molecular flexibility index (Phi) is 29.1. The van der Waals surface area contributed by atoms with E-state index < -0.39 is 0 Å². The third-order valence-corrected chi connectivity index (χ3v) is 27.4. The Morgan fingerprint density at radius 2 is 0.740 bits per heavy atom. The van der Waals surface area contributed by atoms with Gasteiger partial charge in [-0.2, -0.15) is 0 Å². The molecule has 0 aliphatic carbocycles. The van der Waals surface area contributed by atoms with Crippen LogP contribution in [0.4, 0.5) is 41.4 Å². The van der Waals surface area contributed by atoms with Crippen LogP contribution in [0.1, 0.15) is 105 Å². The number of hydrogen-bond donors (Lipinski definition) is 4. The number of rotatable bonds is 32. The summed E-state index contributed by atoms with van der Waals surface area (Å²) >= 11 is 0. The van der Waals surface area contributed by atoms with Crippen LogP contribution in [0.25, 0.3) is 123 Å². The molecule has 8 aromatic carbocycles. The summed E-state index contributed by atoms with van der Waals surface area (Å²) in [6.45, 7) is 11.3. The van der Waals surface area contributed by atoms with E-state index in [1.807, 2.05) is 67.6 Å². The minimum Gasteiger partial charge on any atom is -0.497 e. The molecule has 0 saturated carbocycles. The van der Waals surface area contributed by atoms with Crippen molar-refractivity contribution in [3.63, 3.8) is 0 Å². The molecule has 4 atom stereocenters. The van der Waals surface area contributed by atoms with Crippen LogP contribution in [-0.4, -0.2) is 172 Å². The number of nitrogens with two attached hydrogens (primary N) is 1. The average Bonchev–Trinajstić information content (AvgIpc) is 1.60. The van der Waals surface area contributed by atoms with E-state index in [1.165, 1.54) is 65.1 Å². The van der Waals surface area contributed by atoms with Gasteiger partial charge in [-0.15, -0.1) is 0 Å². The molecule has 11 aromatic heterocycles. The quantitative estimate of drug-likeness (QED) is 0.0225. The van der Waals surface area contributed by atoms with Crippen molar-refractivity contribution in [1.29, 1.82) is 0 Å². The number of aromatic nitrogens is 19. The predicted molar refractivity (Wildman–Crippen MR) is 561 cm³/mol. The largest absolute Gasteiger partial charge is 0.497 e. The first-order chi connectivity index (χ1) is 71.5. The van der Waals surface area contributed by atoms with E-state index in [9.17, 15) is 17.6 Å². The topological polar surface area (TPSA) is 301 Å². The molecule has 744 valence electrons. The van der Waals surface area contributed by atoms with E-state index in [2.05, 4.69) is 164 Å². The van der Waals surface area contributed by atoms with Gasteiger partial charge in [-0.1, -0.05) is 19.1 Å². The van der Waals surface area contributed by atoms with Gasteiger partial charge in [-0.3, -0.25) is 4.90 Å². The number of nitrogens with zero attached hydrogens (tertiary/aromatic N) is 20. The number of methoxy groups -OCH3 is 5. The van der Waals surface area contributed by atoms with Crippen molar-refractivity contribution in [3.8, 4) is 114 Å². The molecule has 4 aliphatic heterocycles. The number of nitrogen functional groups attached to an aromatic ring is 1. The number of hydrogen-bond acceptors (Lipinski definition) is 22. The maximum absolute atomic E-state index is 13.8. The fourth-order valence-electron chi connectivity index (χ4n) is 20.5. The smallest absolute Gasteiger partial charge is 0.223 e. The summed E-state index contributed by atoms with van der Waals surface area (Å²) in [5.74, 6) is 8.32. The number of halogens is 4. The summed E-state index contributed by atoms with van der Waals surface area (Å²) in [4.78, 5) is 58.7. The number of imidazole rings is 4. The van der Waals surface area contributed by atoms with Gasteiger partial charge in [0.05, 0.1) is 115 Å². The number of aryl methyl sites for hydroxylation is 4. The highest BCUT2D eigenvalue weighted by Gasteiger charge is 2.38. The van der Waals surface area contributed by atoms with Crippen LogP contribution in [-0.2, 0) is 56.6 Å². The Bertz CT molecular complexity index is 7810. The molecule has 0 saturated heterocycles. The highest BCUT2D eigenvalue weighted by atomic mass is 19.1. The van der Waals surface area contributed by atoms with E-state index in [1.54, 1.807) is 116 Å². The Morgan fingerprint density at radius 3 is 1.11 bits per heavy atom. The first-order valence-corrected chi connectivity index (χ1v) is 49.4. The number of ether oxygens (including phenoxy) is 5. The number of benzene rings is 8. The fourth-order valence-corrected chi connectivity index (χ4v) is 20.5. The molecule has 29 nitrogen and oxygen atoms in total. The second-order valence-corrected chi connectivity index (χ2v) is 36.6. The maximum Gasteiger partial charge on any atom is 0.223 e. The minimum absolute atomic E-state index is 0.181. The lowest BCUT2D eigenvalue weighted by Crippen LogP contribution is -2.31. The summed E-state index contributed by atoms with van der Waals surface area (Å²) in [6, 6.07) is 67.5. The van der Waals surface area contributed by atoms with Crippen LogP contribution in [0.3, 0.4) is 0 Å². The van der Waals surface area contributed by atoms with Crippen molar-refractivity contribution in [2.45, 2.75) is 128 Å². The van der Waals surface area contributed by atoms with E-state index in [0.29, 0.717) is 30.1 Å². The third-order valence-electron chi connectivity index (χ3n) is 27.4. The summed E-state index contributed by atoms with van der Waals surface area (Å²) in [5.41, 5.74) is 24.1. The molecule has 5 N–H and O–H groups in total. The molecule has 4 aliphatic rings. The van der Waals surface area contributed by atoms with Crippen molar-refractivity contribution in [2.75, 3.05) is 97.1 Å². The summed E-state index contributed by atoms with van der Waals surface area (Å²) in [7, 11) is 10.3. The SMILES string of the molecule is CCCNc1nccc(-c2c(-c3ccc(F)cc3)nc3n2[C@H](CN(CCCOC)Cc2cccc(OC)c2)CC3)n1.CCNc1nccc(-c2c(-c3ccc(F)cc3)nc3n2[C@H](Cn2ccc4cc(OC)ccc42)CC3)n1.CNc1nccc(-c2c(-c3ccc(F)cc3)nc3n2[C@H](Cn2ccc4cc(OC)ccc42)CC3)n1.COc1ccc2c(ccn2C[C@@H]2CCc3nc(-c4ccc(F)cc4)c(-c4ccnc(N)n4)n32)c1. The van der Waals surface area contributed by atoms with Crippen LogP contribution in [0, 0.1) is 23.3 Å². The molecule has 0 fully saturated rings. The molecular weight excluding hydrogens is 1850 g/mol. The fraction of sp³-hybridized carbons (Fsp3) is 0.274. The Morgan fingerprint density at radius 1 is 0.384 bits per heavy atom. The lowest BCUT2D eigenvalue weighted by molar-refractivity contribution is 0.161. The zero-order valence-electron chi connectivity index (χ0n) is 82.6. The van der Waals surface area contributed by atoms with Crippen molar-refractivity contribution < 1.29 is 41.2 Å². The lowest BCUT2D eigenvalue weighted by atomic mass is 10.1. The van der Waals surface area contributed by atoms with Gasteiger partial charge in [0.25, 0.3) is 0 Å². The van der Waals surface area contributed by atoms with Gasteiger partial charge in [-0.05, 0) is 257 Å². The lowest BCUT2D eigenvalue weighted by Gasteiger charge is -2.27. The van der Waals surface area contributed by atoms with Gasteiger partial charge in [0.1, 0.15) is 69.6 Å². The minimum atomic E-state index is -0.280. The highest BCUT2D eigenvalue weighted by molar-refractivity contribution is 5.86. The van der Waals surface area contributed by atoms with E-state index in [4.69, 9.17) is 64.3 Å². The molecule has 0 spiro atoms. The molecule has 0 radical (unpaired) electrons. The molecule has 33 heteroatoms. The zero-order chi connectivity index (χ0) is 100. The van der Waals surface area contributed by atoms with Crippen molar-refractivity contribution in [2.24, 2.45) is 0 Å². The summed E-state index contributed by atoms with van der Waals surface area (Å²) in [6.07, 6.45) is 22.7. The van der Waals surface area contributed by atoms with Crippen molar-refractivity contribution >= 4 is 56.5 Å². The van der Waals surface area contributed by atoms with Crippen LogP contribution >= 0.6 is 0 Å². The molecule has 0 bridgehead atoms. The Labute approximate surface area is 842 Å². The van der Waals surface area contributed by atoms with Crippen LogP contribution in [0.5, 0.6) is 23.0 Å². The molecule has 0 unspecified atom stereocenters. The van der Waals surface area contributed by atoms with Gasteiger partial charge in [0, 0.05) is 203 Å². The maximum atomic E-state index is 13.8. The standard InChI is InChI=1S/C32H39FN6O2.C28H27FN6O.C27H25FN6O.C26H23FN6O/c1-4-16-34-32-35-17-15-28(36-32)31-30(24-9-11-25(33)12-10-24)37-29-14-13-26(39(29)31)22-38(18-6-19-40-2)21-23-7-5-8-27(20-23)41-3;1-3-30-28-31-14-12-23(32-28)27-26(18-4-6-20(29)7-5-18)33-25-11-8-21(35(25)27)17-34-15-13-19-16-22(36-2)9-10-24(19)34;1-29-27-30-13-11-22(31-27)26-25(17-3-5-19(28)6-4-17)32-24-10-7-20(34(24)26)16-33-14-12-18-15-21(35-2)8-9-23(18)33;1-34-20-7-8-22-17(14-20)11-13-32(22)15-19-6-9-23-31-24(16-2-4-18(27)5-3-16)25(33(19)23)21-10-12-29-26(28)30-21/h5,7-12,15,17,20,26H,4,6,13-14,16,18-19,21-22H2,1-3H3,(H,34,35,36);4-7,9-10,12-16,21H,3,8,11,17H2,1-2H3,(H,30,31,32);3-6,8-9,11-15,20H,7,10,16H2,1-2H3,(H,29,30,31);2-5,7-8,10-14,19H,6,9,15H2,1H3,(H2,28,29,30)/t26-;21-;20-;19-/m0000/s1. The van der Waals surface area contributed by atoms with E-state index in [0.717, 1.165) is 269 Å². The third kappa shape index (κ3) is 20.8. The second-order valence-electron chi connectivity index (χ2n) is 36.6. The number of anilines is 4. The molecular formula is C113H114F4N24O5. The highest BCUT2D eigenvalue weighted by Crippen LogP contribution is 2.47. The van der Waals surface area contributed by atoms with Gasteiger partial charge in [0.2, 0.25) is 23.8 Å². The number of nitrogens with one attached hydrogen (secondary N) is 3. The Balaban J connectivity index is 0.000000119. The average molecular weight is 1960 g/mol. The summed E-state index contributed by atoms with van der Waals surface area (Å²) in [5, 5.41) is 13.0. The second kappa shape index (κ2) is 43.8. The molecule has 0 amide bonds. The molecule has 15 heterocycles. The predicted octanol–water partition coefficient (Wildman–Crippen LogP) is 21.9. The normalized spacial score (nSPS) is 14.8. The van der Waals surface area contributed by atoms with Crippen LogP contribution in [0.2, 0.25) is 0 Å². The van der Waals surface area contributed by atoms with Crippen LogP contribution < -0.4 is 40.6 Å². The van der Waals surface area contributed by atoms with Gasteiger partial charge in [0.15, 0.2) is 0 Å². The number of fused-ring (bicyclic) bond motifs is 7. The van der Waals surface area contributed by atoms with Crippen molar-refractivity contribution in [1.82, 2.24) is 96.7 Å². The molecule has 19 aromatic rings. The van der Waals surface area contributed by atoms with Gasteiger partial charge in [-0.25, -0.2) is 77.4 Å². The molecule has 146 heavy (non-hydrogen) atoms. The molecule has 23 rings (SSSR count). The van der Waals surface area contributed by atoms with Crippen LogP contribution in [0.15, 0.2) is 262 Å². The van der Waals surface area contributed by atoms with Gasteiger partial charge < -0.3 is 77.3 Å². The van der Waals surface area contributed by atoms with E-state index in [-0.39, 0.29) is 53.4 Å². The zero-order valence-corrected chi connectivity index (χ0v) is 82.6. The van der Waals surface area contributed by atoms with E-state index >= 15 is 0 Å². The monoisotopic (exact) mass is 1960 g/mol.